The number of nitrogens with one attached hydrogen (secondary N) is 1. The van der Waals surface area contributed by atoms with Crippen LogP contribution in [0.3, 0.4) is 0 Å². The summed E-state index contributed by atoms with van der Waals surface area (Å²) in [6.45, 7) is 6.53. The fraction of sp³-hybridized carbons (Fsp3) is 0.231. The molecule has 2 rings (SSSR count). The Kier molecular flexibility index (Phi) is 2.88. The van der Waals surface area contributed by atoms with Crippen molar-refractivity contribution in [1.29, 1.82) is 0 Å². The van der Waals surface area contributed by atoms with Gasteiger partial charge in [0, 0.05) is 11.4 Å². The van der Waals surface area contributed by atoms with Gasteiger partial charge < -0.3 is 9.73 Å². The Labute approximate surface area is 89.6 Å². The minimum absolute atomic E-state index is 0.304. The molecule has 0 radical (unpaired) electrons. The van der Waals surface area contributed by atoms with Gasteiger partial charge in [-0.25, -0.2) is 0 Å². The first-order valence-corrected chi connectivity index (χ1v) is 5.13. The molecule has 2 aromatic rings. The second kappa shape index (κ2) is 4.32. The summed E-state index contributed by atoms with van der Waals surface area (Å²) in [5.41, 5.74) is 0.945. The highest BCUT2D eigenvalue weighted by Gasteiger charge is 2.03. The van der Waals surface area contributed by atoms with Crippen molar-refractivity contribution in [3.05, 3.63) is 48.7 Å². The Balaban J connectivity index is 2.12. The van der Waals surface area contributed by atoms with Crippen molar-refractivity contribution in [2.75, 3.05) is 0 Å². The van der Waals surface area contributed by atoms with Crippen molar-refractivity contribution in [3.8, 4) is 0 Å². The van der Waals surface area contributed by atoms with E-state index in [1.165, 1.54) is 0 Å². The van der Waals surface area contributed by atoms with E-state index in [4.69, 9.17) is 4.42 Å². The Morgan fingerprint density at radius 3 is 3.00 bits per heavy atom. The van der Waals surface area contributed by atoms with Gasteiger partial charge in [-0.15, -0.1) is 6.58 Å². The summed E-state index contributed by atoms with van der Waals surface area (Å²) in [6, 6.07) is 10.4. The molecule has 2 nitrogen and oxygen atoms in total. The first-order chi connectivity index (χ1) is 7.29. The third kappa shape index (κ3) is 2.28. The smallest absolute Gasteiger partial charge is 0.134 e. The van der Waals surface area contributed by atoms with Crippen molar-refractivity contribution in [2.24, 2.45) is 0 Å². The third-order valence-corrected chi connectivity index (χ3v) is 2.43. The van der Waals surface area contributed by atoms with Crippen LogP contribution in [0.5, 0.6) is 0 Å². The van der Waals surface area contributed by atoms with E-state index in [2.05, 4.69) is 31.0 Å². The molecule has 0 aliphatic rings. The van der Waals surface area contributed by atoms with Crippen LogP contribution < -0.4 is 5.32 Å². The molecule has 0 bridgehead atoms. The molecule has 1 aromatic carbocycles. The number of para-hydroxylation sites is 1. The molecule has 78 valence electrons. The zero-order valence-corrected chi connectivity index (χ0v) is 8.86. The van der Waals surface area contributed by atoms with Crippen LogP contribution in [0.25, 0.3) is 11.0 Å². The molecule has 1 aromatic heterocycles. The Morgan fingerprint density at radius 2 is 2.27 bits per heavy atom. The number of rotatable bonds is 4. The highest BCUT2D eigenvalue weighted by molar-refractivity contribution is 5.77. The maximum absolute atomic E-state index is 5.67. The molecule has 1 unspecified atom stereocenters. The minimum Gasteiger partial charge on any atom is -0.460 e. The highest BCUT2D eigenvalue weighted by Crippen LogP contribution is 2.18. The quantitative estimate of drug-likeness (QED) is 0.769. The number of benzene rings is 1. The van der Waals surface area contributed by atoms with E-state index in [0.717, 1.165) is 23.3 Å². The van der Waals surface area contributed by atoms with Crippen molar-refractivity contribution < 1.29 is 4.42 Å². The summed E-state index contributed by atoms with van der Waals surface area (Å²) in [4.78, 5) is 0. The fourth-order valence-corrected chi connectivity index (χ4v) is 1.47. The summed E-state index contributed by atoms with van der Waals surface area (Å²) >= 11 is 0. The van der Waals surface area contributed by atoms with Gasteiger partial charge in [0.15, 0.2) is 0 Å². The lowest BCUT2D eigenvalue weighted by Crippen LogP contribution is -2.22. The van der Waals surface area contributed by atoms with Gasteiger partial charge in [0.1, 0.15) is 11.3 Å². The Bertz CT molecular complexity index is 425. The molecule has 1 heterocycles. The normalized spacial score (nSPS) is 12.9. The summed E-state index contributed by atoms with van der Waals surface area (Å²) in [5.74, 6) is 0.963. The topological polar surface area (TPSA) is 25.2 Å². The molecule has 0 spiro atoms. The van der Waals surface area contributed by atoms with Crippen LogP contribution in [0.15, 0.2) is 47.4 Å². The molecule has 15 heavy (non-hydrogen) atoms. The Hall–Kier alpha value is -1.54. The monoisotopic (exact) mass is 201 g/mol. The van der Waals surface area contributed by atoms with Gasteiger partial charge >= 0.3 is 0 Å². The van der Waals surface area contributed by atoms with E-state index >= 15 is 0 Å². The molecular formula is C13H15NO. The molecule has 0 amide bonds. The van der Waals surface area contributed by atoms with E-state index in [-0.39, 0.29) is 0 Å². The van der Waals surface area contributed by atoms with Crippen LogP contribution in [0, 0.1) is 0 Å². The molecule has 2 heteroatoms. The first-order valence-electron chi connectivity index (χ1n) is 5.13. The molecule has 0 saturated carbocycles. The van der Waals surface area contributed by atoms with Crippen LogP contribution in [-0.2, 0) is 6.54 Å². The average Bonchev–Trinajstić information content (AvgIpc) is 2.68. The zero-order valence-electron chi connectivity index (χ0n) is 8.86. The zero-order chi connectivity index (χ0) is 10.7. The van der Waals surface area contributed by atoms with Crippen LogP contribution in [0.1, 0.15) is 12.7 Å². The number of hydrogen-bond acceptors (Lipinski definition) is 2. The molecule has 0 fully saturated rings. The van der Waals surface area contributed by atoms with Crippen LogP contribution in [0.4, 0.5) is 0 Å². The SMILES string of the molecule is C=CC(C)NCc1cc2ccccc2o1. The van der Waals surface area contributed by atoms with E-state index in [1.54, 1.807) is 0 Å². The minimum atomic E-state index is 0.304. The second-order valence-electron chi connectivity index (χ2n) is 3.66. The van der Waals surface area contributed by atoms with Gasteiger partial charge in [-0.1, -0.05) is 24.3 Å². The van der Waals surface area contributed by atoms with Gasteiger partial charge in [-0.3, -0.25) is 0 Å². The van der Waals surface area contributed by atoms with Crippen molar-refractivity contribution in [1.82, 2.24) is 5.32 Å². The maximum atomic E-state index is 5.67. The maximum Gasteiger partial charge on any atom is 0.134 e. The van der Waals surface area contributed by atoms with Gasteiger partial charge in [-0.05, 0) is 19.1 Å². The highest BCUT2D eigenvalue weighted by atomic mass is 16.3. The first kappa shape index (κ1) is 9.99. The summed E-state index contributed by atoms with van der Waals surface area (Å²) in [6.07, 6.45) is 1.88. The number of fused-ring (bicyclic) bond motifs is 1. The standard InChI is InChI=1S/C13H15NO/c1-3-10(2)14-9-12-8-11-6-4-5-7-13(11)15-12/h3-8,10,14H,1,9H2,2H3. The predicted molar refractivity (Wildman–Crippen MR) is 62.7 cm³/mol. The van der Waals surface area contributed by atoms with Crippen LogP contribution in [-0.4, -0.2) is 6.04 Å². The number of hydrogen-bond donors (Lipinski definition) is 1. The third-order valence-electron chi connectivity index (χ3n) is 2.43. The van der Waals surface area contributed by atoms with E-state index in [9.17, 15) is 0 Å². The van der Waals surface area contributed by atoms with Crippen molar-refractivity contribution in [3.63, 3.8) is 0 Å². The molecule has 1 atom stereocenters. The fourth-order valence-electron chi connectivity index (χ4n) is 1.47. The van der Waals surface area contributed by atoms with E-state index in [1.807, 2.05) is 24.3 Å². The van der Waals surface area contributed by atoms with E-state index in [0.29, 0.717) is 6.04 Å². The lowest BCUT2D eigenvalue weighted by atomic mass is 10.2. The molecule has 0 aliphatic heterocycles. The van der Waals surface area contributed by atoms with Crippen LogP contribution >= 0.6 is 0 Å². The van der Waals surface area contributed by atoms with Gasteiger partial charge in [0.2, 0.25) is 0 Å². The van der Waals surface area contributed by atoms with Gasteiger partial charge in [0.25, 0.3) is 0 Å². The predicted octanol–water partition coefficient (Wildman–Crippen LogP) is 3.10. The lowest BCUT2D eigenvalue weighted by Gasteiger charge is -2.05. The lowest BCUT2D eigenvalue weighted by molar-refractivity contribution is 0.501. The van der Waals surface area contributed by atoms with E-state index < -0.39 is 0 Å². The summed E-state index contributed by atoms with van der Waals surface area (Å²) in [5, 5.41) is 4.45. The van der Waals surface area contributed by atoms with Gasteiger partial charge in [-0.2, -0.15) is 0 Å². The second-order valence-corrected chi connectivity index (χ2v) is 3.66. The molecular weight excluding hydrogens is 186 g/mol. The number of furan rings is 1. The van der Waals surface area contributed by atoms with Crippen molar-refractivity contribution >= 4 is 11.0 Å². The summed E-state index contributed by atoms with van der Waals surface area (Å²) in [7, 11) is 0. The van der Waals surface area contributed by atoms with Gasteiger partial charge in [0.05, 0.1) is 6.54 Å². The molecule has 0 saturated heterocycles. The molecule has 1 N–H and O–H groups in total. The van der Waals surface area contributed by atoms with Crippen molar-refractivity contribution in [2.45, 2.75) is 19.5 Å². The molecule has 0 aliphatic carbocycles. The summed E-state index contributed by atoms with van der Waals surface area (Å²) < 4.78 is 5.67. The van der Waals surface area contributed by atoms with Crippen LogP contribution in [0.2, 0.25) is 0 Å². The largest absolute Gasteiger partial charge is 0.460 e. The Morgan fingerprint density at radius 1 is 1.47 bits per heavy atom. The average molecular weight is 201 g/mol.